The average molecular weight is 575 g/mol. The van der Waals surface area contributed by atoms with E-state index < -0.39 is 21.7 Å². The molecule has 0 aromatic carbocycles. The molecule has 0 heterocycles. The summed E-state index contributed by atoms with van der Waals surface area (Å²) in [7, 11) is 5.85. The van der Waals surface area contributed by atoms with E-state index in [2.05, 4.69) is 0 Å². The third-order valence-electron chi connectivity index (χ3n) is 10.0. The van der Waals surface area contributed by atoms with Crippen molar-refractivity contribution in [3.63, 3.8) is 0 Å². The summed E-state index contributed by atoms with van der Waals surface area (Å²) in [5, 5.41) is -0.824. The molecule has 233 valence electrons. The van der Waals surface area contributed by atoms with Gasteiger partial charge in [-0.05, 0) is 131 Å². The summed E-state index contributed by atoms with van der Waals surface area (Å²) in [6.07, 6.45) is 8.60. The van der Waals surface area contributed by atoms with Crippen molar-refractivity contribution < 1.29 is 28.6 Å². The van der Waals surface area contributed by atoms with E-state index in [4.69, 9.17) is 14.2 Å². The van der Waals surface area contributed by atoms with Crippen molar-refractivity contribution in [3.8, 4) is 0 Å². The second-order valence-corrected chi connectivity index (χ2v) is 16.1. The van der Waals surface area contributed by atoms with Gasteiger partial charge in [0.2, 0.25) is 0 Å². The van der Waals surface area contributed by atoms with Gasteiger partial charge in [0, 0.05) is 11.9 Å². The lowest BCUT2D eigenvalue weighted by atomic mass is 9.45. The first kappa shape index (κ1) is 33.9. The van der Waals surface area contributed by atoms with Gasteiger partial charge in [0.1, 0.15) is 25.1 Å². The van der Waals surface area contributed by atoms with E-state index >= 15 is 0 Å². The number of ether oxygens (including phenoxy) is 3. The first-order chi connectivity index (χ1) is 18.8. The van der Waals surface area contributed by atoms with Crippen molar-refractivity contribution in [2.45, 2.75) is 136 Å². The molecule has 0 aromatic heterocycles. The molecule has 0 aliphatic heterocycles. The molecule has 4 aliphatic carbocycles. The molecular formula is C33H57BNO6. The monoisotopic (exact) mass is 574 g/mol. The van der Waals surface area contributed by atoms with Gasteiger partial charge in [-0.3, -0.25) is 14.4 Å². The lowest BCUT2D eigenvalue weighted by molar-refractivity contribution is -0.196. The highest BCUT2D eigenvalue weighted by Gasteiger charge is 2.55. The average Bonchev–Trinajstić information content (AvgIpc) is 2.83. The molecule has 4 bridgehead atoms. The third kappa shape index (κ3) is 8.73. The predicted octanol–water partition coefficient (Wildman–Crippen LogP) is 6.47. The highest BCUT2D eigenvalue weighted by Crippen LogP contribution is 2.57. The van der Waals surface area contributed by atoms with E-state index in [1.807, 2.05) is 81.7 Å². The highest BCUT2D eigenvalue weighted by molar-refractivity contribution is 6.47. The molecular weight excluding hydrogens is 517 g/mol. The van der Waals surface area contributed by atoms with E-state index in [9.17, 15) is 14.4 Å². The fraction of sp³-hybridized carbons (Fsp3) is 0.909. The molecule has 4 saturated carbocycles. The van der Waals surface area contributed by atoms with Crippen LogP contribution in [0.25, 0.3) is 0 Å². The number of hydrogen-bond donors (Lipinski definition) is 0. The third-order valence-corrected chi connectivity index (χ3v) is 10.0. The van der Waals surface area contributed by atoms with Crippen molar-refractivity contribution in [3.05, 3.63) is 0 Å². The van der Waals surface area contributed by atoms with E-state index in [1.54, 1.807) is 0 Å². The number of likely N-dealkylation sites (N-methyl/N-ethyl adjacent to an activating group) is 1. The molecule has 1 radical (unpaired) electrons. The maximum atomic E-state index is 14.2. The highest BCUT2D eigenvalue weighted by atomic mass is 16.6. The maximum Gasteiger partial charge on any atom is 0.312 e. The Morgan fingerprint density at radius 3 is 1.83 bits per heavy atom. The zero-order valence-electron chi connectivity index (χ0n) is 27.7. The molecule has 0 spiro atoms. The molecule has 0 N–H and O–H groups in total. The number of carbonyl (C=O) groups is 3. The van der Waals surface area contributed by atoms with Gasteiger partial charge in [-0.15, -0.1) is 0 Å². The maximum absolute atomic E-state index is 14.2. The van der Waals surface area contributed by atoms with Crippen molar-refractivity contribution in [2.24, 2.45) is 28.6 Å². The van der Waals surface area contributed by atoms with Crippen LogP contribution in [-0.2, 0) is 28.6 Å². The van der Waals surface area contributed by atoms with Gasteiger partial charge >= 0.3 is 17.9 Å². The fourth-order valence-corrected chi connectivity index (χ4v) is 7.18. The minimum Gasteiger partial charge on any atom is -0.464 e. The summed E-state index contributed by atoms with van der Waals surface area (Å²) < 4.78 is 17.9. The number of hydrogen-bond acceptors (Lipinski definition) is 7. The standard InChI is InChI=1S/C33H57BNO6/c1-11-32(8,28(38)39-15-14-35(9)10)34-22-31(7,13-12-30(5,6)26(36)40-29(2,3)4)27(37)41-33-19-23-16-24(20-33)18-25(17-23)21-33/h23-25H,11-22H2,1-10H3. The Morgan fingerprint density at radius 2 is 1.37 bits per heavy atom. The summed E-state index contributed by atoms with van der Waals surface area (Å²) in [6, 6.07) is 0. The molecule has 2 atom stereocenters. The van der Waals surface area contributed by atoms with Gasteiger partial charge in [-0.25, -0.2) is 0 Å². The summed E-state index contributed by atoms with van der Waals surface area (Å²) in [5.41, 5.74) is -2.59. The molecule has 0 saturated heterocycles. The zero-order valence-corrected chi connectivity index (χ0v) is 27.7. The van der Waals surface area contributed by atoms with Crippen LogP contribution in [0.3, 0.4) is 0 Å². The van der Waals surface area contributed by atoms with Crippen LogP contribution in [0.1, 0.15) is 113 Å². The predicted molar refractivity (Wildman–Crippen MR) is 163 cm³/mol. The molecule has 2 unspecified atom stereocenters. The van der Waals surface area contributed by atoms with Crippen molar-refractivity contribution in [1.29, 1.82) is 0 Å². The normalized spacial score (nSPS) is 28.5. The molecule has 4 aliphatic rings. The van der Waals surface area contributed by atoms with Crippen LogP contribution >= 0.6 is 0 Å². The van der Waals surface area contributed by atoms with Crippen LogP contribution in [0, 0.1) is 28.6 Å². The van der Waals surface area contributed by atoms with E-state index in [0.29, 0.717) is 56.5 Å². The van der Waals surface area contributed by atoms with Crippen LogP contribution in [-0.4, -0.2) is 68.5 Å². The van der Waals surface area contributed by atoms with Crippen LogP contribution < -0.4 is 0 Å². The zero-order chi connectivity index (χ0) is 30.9. The largest absolute Gasteiger partial charge is 0.464 e. The molecule has 0 aromatic rings. The Morgan fingerprint density at radius 1 is 0.829 bits per heavy atom. The second kappa shape index (κ2) is 12.6. The molecule has 41 heavy (non-hydrogen) atoms. The Balaban J connectivity index is 1.77. The van der Waals surface area contributed by atoms with Gasteiger partial charge in [0.25, 0.3) is 0 Å². The Labute approximate surface area is 250 Å². The number of nitrogens with zero attached hydrogens (tertiary/aromatic N) is 1. The van der Waals surface area contributed by atoms with Crippen LogP contribution in [0.2, 0.25) is 11.6 Å². The number of carbonyl (C=O) groups excluding carboxylic acids is 3. The van der Waals surface area contributed by atoms with Crippen molar-refractivity contribution >= 4 is 25.2 Å². The summed E-state index contributed by atoms with van der Waals surface area (Å²) in [6.45, 7) is 16.2. The number of esters is 3. The van der Waals surface area contributed by atoms with Gasteiger partial charge in [-0.1, -0.05) is 20.2 Å². The quantitative estimate of drug-likeness (QED) is 0.134. The molecule has 4 fully saturated rings. The molecule has 4 rings (SSSR count). The van der Waals surface area contributed by atoms with Crippen LogP contribution in [0.5, 0.6) is 0 Å². The van der Waals surface area contributed by atoms with E-state index in [1.165, 1.54) is 19.3 Å². The SMILES string of the molecule is CCC(C)([B]CC(C)(CCC(C)(C)C(=O)OC(C)(C)C)C(=O)OC12CC3CC(CC(C3)C1)C2)C(=O)OCCN(C)C. The van der Waals surface area contributed by atoms with Crippen LogP contribution in [0.15, 0.2) is 0 Å². The van der Waals surface area contributed by atoms with Crippen molar-refractivity contribution in [1.82, 2.24) is 4.90 Å². The second-order valence-electron chi connectivity index (χ2n) is 16.1. The minimum absolute atomic E-state index is 0.199. The molecule has 0 amide bonds. The van der Waals surface area contributed by atoms with Crippen molar-refractivity contribution in [2.75, 3.05) is 27.2 Å². The first-order valence-corrected chi connectivity index (χ1v) is 15.9. The Hall–Kier alpha value is -1.57. The topological polar surface area (TPSA) is 82.1 Å². The van der Waals surface area contributed by atoms with Gasteiger partial charge in [0.05, 0.1) is 10.8 Å². The van der Waals surface area contributed by atoms with Gasteiger partial charge < -0.3 is 19.1 Å². The number of rotatable bonds is 14. The van der Waals surface area contributed by atoms with Gasteiger partial charge in [-0.2, -0.15) is 0 Å². The summed E-state index contributed by atoms with van der Waals surface area (Å²) in [5.74, 6) is 1.26. The van der Waals surface area contributed by atoms with Crippen LogP contribution in [0.4, 0.5) is 0 Å². The molecule has 8 heteroatoms. The Kier molecular flexibility index (Phi) is 10.4. The lowest BCUT2D eigenvalue weighted by Gasteiger charge is -2.56. The molecule has 7 nitrogen and oxygen atoms in total. The fourth-order valence-electron chi connectivity index (χ4n) is 7.18. The smallest absolute Gasteiger partial charge is 0.312 e. The summed E-state index contributed by atoms with van der Waals surface area (Å²) >= 11 is 0. The lowest BCUT2D eigenvalue weighted by Crippen LogP contribution is -2.54. The summed E-state index contributed by atoms with van der Waals surface area (Å²) in [4.78, 5) is 42.4. The van der Waals surface area contributed by atoms with E-state index in [0.717, 1.165) is 19.3 Å². The van der Waals surface area contributed by atoms with E-state index in [-0.39, 0.29) is 23.5 Å². The first-order valence-electron chi connectivity index (χ1n) is 15.9. The minimum atomic E-state index is -0.886. The Bertz CT molecular complexity index is 921. The van der Waals surface area contributed by atoms with Gasteiger partial charge in [0.15, 0.2) is 0 Å².